The number of ketones is 4. The number of aromatic nitrogens is 1. The molecule has 3 amide bonds. The third-order valence-corrected chi connectivity index (χ3v) is 27.1. The number of nitrogens with one attached hydrogen (secondary N) is 4. The van der Waals surface area contributed by atoms with Gasteiger partial charge in [0.05, 0.1) is 24.5 Å². The van der Waals surface area contributed by atoms with Crippen molar-refractivity contribution in [3.8, 4) is 0 Å². The molecule has 14 aromatic rings. The predicted molar refractivity (Wildman–Crippen MR) is 585 cm³/mol. The van der Waals surface area contributed by atoms with Crippen LogP contribution in [-0.4, -0.2) is 70.5 Å². The highest BCUT2D eigenvalue weighted by Gasteiger charge is 2.38. The van der Waals surface area contributed by atoms with Gasteiger partial charge in [-0.15, -0.1) is 62.0 Å². The molecule has 13 aromatic carbocycles. The maximum Gasteiger partial charge on any atom is 0.408 e. The number of Topliss-reactive ketones (excluding diaryl/α,β-unsaturated/α-hetero) is 4. The number of aromatic amines is 1. The number of halogens is 5. The third-order valence-electron chi connectivity index (χ3n) is 27.1. The van der Waals surface area contributed by atoms with E-state index in [9.17, 15) is 38.4 Å². The minimum Gasteiger partial charge on any atom is -0.461 e. The van der Waals surface area contributed by atoms with E-state index in [1.54, 1.807) is 0 Å². The lowest BCUT2D eigenvalue weighted by Gasteiger charge is -2.18. The van der Waals surface area contributed by atoms with E-state index in [2.05, 4.69) is 128 Å². The van der Waals surface area contributed by atoms with Gasteiger partial charge in [0.15, 0.2) is 23.1 Å². The summed E-state index contributed by atoms with van der Waals surface area (Å²) in [6.45, 7) is 12.2. The van der Waals surface area contributed by atoms with Crippen molar-refractivity contribution >= 4 is 120 Å². The molecule has 0 radical (unpaired) electrons. The first-order chi connectivity index (χ1) is 67.7. The van der Waals surface area contributed by atoms with Gasteiger partial charge in [-0.3, -0.25) is 24.0 Å². The molecule has 4 N–H and O–H groups in total. The molecular formula is C123H131Cl5N4O12. The molecule has 5 aliphatic carbocycles. The Balaban J connectivity index is 0.000000186. The van der Waals surface area contributed by atoms with Crippen molar-refractivity contribution in [2.75, 3.05) is 0 Å². The molecular weight excluding hydrogens is 1900 g/mol. The van der Waals surface area contributed by atoms with E-state index in [0.29, 0.717) is 56.5 Å². The average Bonchev–Trinajstić information content (AvgIpc) is 1.68. The van der Waals surface area contributed by atoms with Crippen LogP contribution in [0.15, 0.2) is 364 Å². The number of carbonyl (C=O) groups excluding carboxylic acids is 8. The van der Waals surface area contributed by atoms with Crippen LogP contribution in [-0.2, 0) is 116 Å². The molecule has 0 bridgehead atoms. The van der Waals surface area contributed by atoms with Crippen LogP contribution in [0.4, 0.5) is 14.4 Å². The lowest BCUT2D eigenvalue weighted by Crippen LogP contribution is -2.43. The Bertz CT molecular complexity index is 6170. The van der Waals surface area contributed by atoms with Crippen LogP contribution in [0.3, 0.4) is 0 Å². The van der Waals surface area contributed by atoms with E-state index >= 15 is 0 Å². The fourth-order valence-electron chi connectivity index (χ4n) is 17.9. The van der Waals surface area contributed by atoms with Gasteiger partial charge in [0.25, 0.3) is 0 Å². The van der Waals surface area contributed by atoms with Gasteiger partial charge in [-0.1, -0.05) is 386 Å². The summed E-state index contributed by atoms with van der Waals surface area (Å²) < 4.78 is 21.4. The van der Waals surface area contributed by atoms with Gasteiger partial charge in [-0.25, -0.2) is 14.4 Å². The minimum atomic E-state index is -0.694. The summed E-state index contributed by atoms with van der Waals surface area (Å²) in [7, 11) is 0. The first kappa shape index (κ1) is 113. The number of hydrogen-bond donors (Lipinski definition) is 4. The normalized spacial score (nSPS) is 18.0. The number of para-hydroxylation sites is 1. The number of rotatable bonds is 36. The van der Waals surface area contributed by atoms with E-state index in [-0.39, 0.29) is 130 Å². The molecule has 13 unspecified atom stereocenters. The summed E-state index contributed by atoms with van der Waals surface area (Å²) in [6, 6.07) is 115. The molecule has 0 spiro atoms. The zero-order chi connectivity index (χ0) is 96.8. The molecule has 5 fully saturated rings. The number of fused-ring (bicyclic) bond motifs is 1. The lowest BCUT2D eigenvalue weighted by molar-refractivity contribution is -0.144. The zero-order valence-electron chi connectivity index (χ0n) is 82.1. The van der Waals surface area contributed by atoms with E-state index in [1.807, 2.05) is 291 Å². The maximum atomic E-state index is 13.4. The number of carbonyl (C=O) groups is 8. The van der Waals surface area contributed by atoms with Crippen LogP contribution in [0.5, 0.6) is 0 Å². The Hall–Kier alpha value is -13.2. The van der Waals surface area contributed by atoms with E-state index < -0.39 is 36.4 Å². The molecule has 144 heavy (non-hydrogen) atoms. The summed E-state index contributed by atoms with van der Waals surface area (Å²) >= 11 is 0. The van der Waals surface area contributed by atoms with Crippen molar-refractivity contribution < 1.29 is 57.3 Å². The molecule has 21 heteroatoms. The van der Waals surface area contributed by atoms with Crippen LogP contribution < -0.4 is 16.0 Å². The van der Waals surface area contributed by atoms with Gasteiger partial charge in [0.1, 0.15) is 26.4 Å². The van der Waals surface area contributed by atoms with Crippen molar-refractivity contribution in [2.24, 2.45) is 29.6 Å². The van der Waals surface area contributed by atoms with Crippen molar-refractivity contribution in [2.45, 2.75) is 192 Å². The minimum absolute atomic E-state index is 0. The predicted octanol–water partition coefficient (Wildman–Crippen LogP) is 27.3. The van der Waals surface area contributed by atoms with Gasteiger partial charge in [0, 0.05) is 54.8 Å². The molecule has 0 aliphatic heterocycles. The fraction of sp³-hybridized carbons (Fsp3) is 0.285. The summed E-state index contributed by atoms with van der Waals surface area (Å²) in [5, 5.41) is 9.46. The van der Waals surface area contributed by atoms with Gasteiger partial charge in [0.2, 0.25) is 0 Å². The first-order valence-electron chi connectivity index (χ1n) is 49.0. The van der Waals surface area contributed by atoms with Crippen molar-refractivity contribution in [1.29, 1.82) is 0 Å². The number of benzene rings is 13. The van der Waals surface area contributed by atoms with Gasteiger partial charge < -0.3 is 39.9 Å². The Kier molecular flexibility index (Phi) is 44.4. The van der Waals surface area contributed by atoms with E-state index in [0.717, 1.165) is 125 Å². The number of alkyl carbamates (subject to hydrolysis) is 3. The fourth-order valence-corrected chi connectivity index (χ4v) is 17.9. The lowest BCUT2D eigenvalue weighted by atomic mass is 9.96. The molecule has 750 valence electrons. The Morgan fingerprint density at radius 2 is 0.500 bits per heavy atom. The molecule has 1 aromatic heterocycles. The second-order valence-corrected chi connectivity index (χ2v) is 38.2. The molecule has 5 aliphatic rings. The van der Waals surface area contributed by atoms with Gasteiger partial charge in [-0.05, 0) is 205 Å². The zero-order valence-corrected chi connectivity index (χ0v) is 86.2. The highest BCUT2D eigenvalue weighted by molar-refractivity contribution is 5.97. The van der Waals surface area contributed by atoms with E-state index in [4.69, 9.17) is 18.9 Å². The second-order valence-electron chi connectivity index (χ2n) is 38.2. The average molecular weight is 2030 g/mol. The number of esters is 1. The third kappa shape index (κ3) is 35.7. The summed E-state index contributed by atoms with van der Waals surface area (Å²) in [6.07, 6.45) is 9.36. The quantitative estimate of drug-likeness (QED) is 0.0163. The van der Waals surface area contributed by atoms with Crippen LogP contribution in [0, 0.1) is 29.6 Å². The van der Waals surface area contributed by atoms with Gasteiger partial charge >= 0.3 is 24.2 Å². The highest BCUT2D eigenvalue weighted by atomic mass is 35.5. The smallest absolute Gasteiger partial charge is 0.408 e. The Morgan fingerprint density at radius 3 is 0.785 bits per heavy atom. The SMILES string of the molecule is CC1CC1c1ccc(CC(=O)C(Cc2c[nH]c3ccccc23)NC(=O)OCc2ccccc2)cc1.CC1CC1c1ccc(CC(=O)C(Cc2ccccc2)NC(=O)OCc2ccccc2)cc1.CC1CC1c1ccc(CC(=O)C(Cc2ccccc2)NC(=O)OCc2ccccc2)cc1.CC1CC1c1ccc(CC(=O)OCc2ccccc2)cc1.CC1CC1c1ccc(CC(=O)c2ccccc2)cc1.Cl.Cl.Cl.Cl.Cl. The van der Waals surface area contributed by atoms with Crippen molar-refractivity contribution in [1.82, 2.24) is 20.9 Å². The highest BCUT2D eigenvalue weighted by Crippen LogP contribution is 2.50. The molecule has 1 heterocycles. The summed E-state index contributed by atoms with van der Waals surface area (Å²) in [5.74, 6) is 7.25. The van der Waals surface area contributed by atoms with Crippen LogP contribution in [0.2, 0.25) is 0 Å². The number of hydrogen-bond acceptors (Lipinski definition) is 12. The number of amides is 3. The Morgan fingerprint density at radius 1 is 0.264 bits per heavy atom. The van der Waals surface area contributed by atoms with Crippen molar-refractivity contribution in [3.63, 3.8) is 0 Å². The molecule has 0 saturated heterocycles. The van der Waals surface area contributed by atoms with Crippen LogP contribution >= 0.6 is 62.0 Å². The summed E-state index contributed by atoms with van der Waals surface area (Å²) in [5.41, 5.74) is 20.3. The van der Waals surface area contributed by atoms with Crippen molar-refractivity contribution in [3.05, 3.63) is 464 Å². The maximum absolute atomic E-state index is 13.4. The van der Waals surface area contributed by atoms with Gasteiger partial charge in [-0.2, -0.15) is 0 Å². The topological polar surface area (TPSA) is 225 Å². The van der Waals surface area contributed by atoms with Crippen LogP contribution in [0.1, 0.15) is 201 Å². The molecule has 5 saturated carbocycles. The standard InChI is InChI=1S/C30H30N2O3.2C28H29NO3.C19H20O2.C18H18O.5ClH/c1-20-15-26(20)23-13-11-21(12-14-23)16-29(33)28(17-24-18-31-27-10-6-5-9-25(24)27)32-30(34)35-19-22-7-3-2-4-8-22;2*1-20-16-25(20)24-14-12-22(13-15-24)18-27(30)26(17-21-8-4-2-5-9-21)29-28(31)32-19-23-10-6-3-7-11-23;1-14-11-18(14)17-9-7-15(8-10-17)12-19(20)21-13-16-5-3-2-4-6-16;1-13-11-17(13)15-9-7-14(8-10-15)12-18(19)16-5-3-2-4-6-16;;;;;/h2-14,18,20,26,28,31H,15-17,19H2,1H3,(H,32,34);2*2-15,20,25-26H,16-19H2,1H3,(H,29,31);2-10,14,18H,11-13H2,1H3;2-10,13,17H,11-12H2,1H3;5*1H. The molecule has 19 rings (SSSR count). The first-order valence-corrected chi connectivity index (χ1v) is 49.0. The number of H-pyrrole nitrogens is 1. The number of ether oxygens (including phenoxy) is 4. The monoisotopic (exact) mass is 2030 g/mol. The second kappa shape index (κ2) is 56.8. The van der Waals surface area contributed by atoms with E-state index in [1.165, 1.54) is 59.9 Å². The molecule has 16 nitrogen and oxygen atoms in total. The largest absolute Gasteiger partial charge is 0.461 e. The molecule has 13 atom stereocenters. The summed E-state index contributed by atoms with van der Waals surface area (Å²) in [4.78, 5) is 104. The Labute approximate surface area is 878 Å². The van der Waals surface area contributed by atoms with Crippen LogP contribution in [0.25, 0.3) is 10.9 Å².